The maximum absolute atomic E-state index is 6.80. The summed E-state index contributed by atoms with van der Waals surface area (Å²) in [4.78, 5) is 0. The van der Waals surface area contributed by atoms with Gasteiger partial charge in [-0.3, -0.25) is 0 Å². The van der Waals surface area contributed by atoms with E-state index in [1.54, 1.807) is 7.11 Å². The van der Waals surface area contributed by atoms with Crippen LogP contribution < -0.4 is 0 Å². The fourth-order valence-electron chi connectivity index (χ4n) is 6.88. The predicted octanol–water partition coefficient (Wildman–Crippen LogP) is 9.82. The first-order valence-electron chi connectivity index (χ1n) is 17.8. The number of rotatable bonds is 24. The van der Waals surface area contributed by atoms with Crippen LogP contribution in [0.1, 0.15) is 19.8 Å². The molecular formula is C27H78O11Si11. The third-order valence-electron chi connectivity index (χ3n) is 6.57. The Kier molecular flexibility index (Phi) is 18.5. The van der Waals surface area contributed by atoms with Gasteiger partial charge in [-0.25, -0.2) is 0 Å². The van der Waals surface area contributed by atoms with Crippen LogP contribution in [-0.4, -0.2) is 101 Å². The summed E-state index contributed by atoms with van der Waals surface area (Å²) in [5.74, 6) is 0. The zero-order valence-electron chi connectivity index (χ0n) is 36.1. The second-order valence-electron chi connectivity index (χ2n) is 18.1. The molecule has 0 aromatic carbocycles. The second-order valence-corrected chi connectivity index (χ2v) is 58.7. The lowest BCUT2D eigenvalue weighted by molar-refractivity contribution is 0.248. The van der Waals surface area contributed by atoms with E-state index in [0.29, 0.717) is 0 Å². The minimum absolute atomic E-state index is 1.14. The van der Waals surface area contributed by atoms with E-state index < -0.39 is 93.9 Å². The Balaban J connectivity index is 5.53. The maximum atomic E-state index is 6.80. The monoisotopic (exact) mass is 886 g/mol. The van der Waals surface area contributed by atoms with Crippen molar-refractivity contribution in [1.29, 1.82) is 0 Å². The summed E-state index contributed by atoms with van der Waals surface area (Å²) in [6.07, 6.45) is 2.37. The molecule has 0 aromatic rings. The van der Waals surface area contributed by atoms with Crippen molar-refractivity contribution in [3.8, 4) is 0 Å². The van der Waals surface area contributed by atoms with Gasteiger partial charge in [0.05, 0.1) is 0 Å². The van der Waals surface area contributed by atoms with Crippen LogP contribution in [0.4, 0.5) is 0 Å². The lowest BCUT2D eigenvalue weighted by Gasteiger charge is -2.45. The van der Waals surface area contributed by atoms with Crippen LogP contribution in [0.25, 0.3) is 0 Å². The van der Waals surface area contributed by atoms with E-state index in [2.05, 4.69) is 138 Å². The molecule has 0 bridgehead atoms. The molecule has 0 saturated carbocycles. The molecule has 0 unspecified atom stereocenters. The summed E-state index contributed by atoms with van der Waals surface area (Å²) in [5, 5.41) is 0. The Bertz CT molecular complexity index is 1040. The van der Waals surface area contributed by atoms with Crippen molar-refractivity contribution in [1.82, 2.24) is 0 Å². The van der Waals surface area contributed by atoms with Crippen LogP contribution in [-0.2, 0) is 45.6 Å². The fraction of sp³-hybridized carbons (Fsp3) is 1.00. The largest absolute Gasteiger partial charge is 0.436 e. The zero-order valence-corrected chi connectivity index (χ0v) is 47.1. The van der Waals surface area contributed by atoms with Crippen molar-refractivity contribution in [2.45, 2.75) is 170 Å². The van der Waals surface area contributed by atoms with Crippen LogP contribution in [0.2, 0.25) is 150 Å². The van der Waals surface area contributed by atoms with Gasteiger partial charge in [0.15, 0.2) is 8.32 Å². The van der Waals surface area contributed by atoms with Gasteiger partial charge in [0.25, 0.3) is 0 Å². The first kappa shape index (κ1) is 50.9. The predicted molar refractivity (Wildman–Crippen MR) is 230 cm³/mol. The van der Waals surface area contributed by atoms with Crippen LogP contribution >= 0.6 is 0 Å². The lowest BCUT2D eigenvalue weighted by Crippen LogP contribution is -2.62. The molecule has 0 aliphatic carbocycles. The molecule has 296 valence electrons. The van der Waals surface area contributed by atoms with E-state index in [4.69, 9.17) is 45.6 Å². The van der Waals surface area contributed by atoms with E-state index in [9.17, 15) is 0 Å². The molecule has 49 heavy (non-hydrogen) atoms. The standard InChI is InChI=1S/C27H78O11Si11/c1-25-26-27-39(3,4)29-41(7,8)31-43(11,12)33-45(15,16)35-47(19,20)37-49(23,24)38-48(21,22)36-46(17,18)34-44(13,14)32-42(9,10)30-40(5,6)28-2/h25-27H2,1-24H3. The summed E-state index contributed by atoms with van der Waals surface area (Å²) in [6.45, 7) is 48.3. The van der Waals surface area contributed by atoms with Crippen molar-refractivity contribution < 1.29 is 45.6 Å². The van der Waals surface area contributed by atoms with Gasteiger partial charge in [-0.15, -0.1) is 0 Å². The van der Waals surface area contributed by atoms with E-state index in [-0.39, 0.29) is 0 Å². The van der Waals surface area contributed by atoms with Crippen molar-refractivity contribution >= 4 is 93.9 Å². The normalized spacial score (nSPS) is 15.7. The van der Waals surface area contributed by atoms with Gasteiger partial charge in [-0.1, -0.05) is 19.8 Å². The Morgan fingerprint density at radius 3 is 0.653 bits per heavy atom. The van der Waals surface area contributed by atoms with E-state index in [1.165, 1.54) is 12.8 Å². The van der Waals surface area contributed by atoms with Gasteiger partial charge < -0.3 is 45.6 Å². The summed E-state index contributed by atoms with van der Waals surface area (Å²) < 4.78 is 72.7. The molecule has 0 atom stereocenters. The summed E-state index contributed by atoms with van der Waals surface area (Å²) in [5.41, 5.74) is 0. The molecule has 0 aliphatic rings. The van der Waals surface area contributed by atoms with Crippen LogP contribution in [0.3, 0.4) is 0 Å². The Morgan fingerprint density at radius 1 is 0.286 bits per heavy atom. The van der Waals surface area contributed by atoms with Crippen LogP contribution in [0, 0.1) is 0 Å². The van der Waals surface area contributed by atoms with Gasteiger partial charge in [-0.05, 0) is 150 Å². The average molecular weight is 888 g/mol. The number of hydrogen-bond donors (Lipinski definition) is 0. The van der Waals surface area contributed by atoms with Gasteiger partial charge >= 0.3 is 85.6 Å². The summed E-state index contributed by atoms with van der Waals surface area (Å²) >= 11 is 0. The minimum Gasteiger partial charge on any atom is -0.436 e. The fourth-order valence-corrected chi connectivity index (χ4v) is 61.6. The lowest BCUT2D eigenvalue weighted by atomic mass is 10.4. The third-order valence-corrected chi connectivity index (χ3v) is 48.7. The van der Waals surface area contributed by atoms with Crippen molar-refractivity contribution in [3.63, 3.8) is 0 Å². The highest BCUT2D eigenvalue weighted by atomic mass is 28.5. The molecule has 0 amide bonds. The maximum Gasteiger partial charge on any atom is 0.322 e. The Morgan fingerprint density at radius 2 is 0.469 bits per heavy atom. The van der Waals surface area contributed by atoms with Crippen LogP contribution in [0.5, 0.6) is 0 Å². The molecule has 11 nitrogen and oxygen atoms in total. The topological polar surface area (TPSA) is 102 Å². The summed E-state index contributed by atoms with van der Waals surface area (Å²) in [6, 6.07) is 1.14. The zero-order chi connectivity index (χ0) is 39.4. The third kappa shape index (κ3) is 23.5. The molecule has 0 fully saturated rings. The molecule has 0 spiro atoms. The molecule has 0 heterocycles. The quantitative estimate of drug-likeness (QED) is 0.0867. The summed E-state index contributed by atoms with van der Waals surface area (Å²) in [7, 11) is -25.9. The van der Waals surface area contributed by atoms with Crippen molar-refractivity contribution in [2.75, 3.05) is 7.11 Å². The van der Waals surface area contributed by atoms with Crippen molar-refractivity contribution in [3.05, 3.63) is 0 Å². The van der Waals surface area contributed by atoms with Gasteiger partial charge in [-0.2, -0.15) is 0 Å². The number of unbranched alkanes of at least 4 members (excludes halogenated alkanes) is 1. The van der Waals surface area contributed by atoms with E-state index in [0.717, 1.165) is 6.04 Å². The average Bonchev–Trinajstić information content (AvgIpc) is 2.68. The van der Waals surface area contributed by atoms with Gasteiger partial charge in [0, 0.05) is 7.11 Å². The highest BCUT2D eigenvalue weighted by Crippen LogP contribution is 2.31. The molecule has 0 aromatic heterocycles. The molecule has 0 rings (SSSR count). The SMILES string of the molecule is CCCC[Si](C)(C)O[Si](C)(C)O[Si](C)(C)O[Si](C)(C)O[Si](C)(C)O[Si](C)(C)O[Si](C)(C)O[Si](C)(C)O[Si](C)(C)O[Si](C)(C)O[Si](C)(C)OC. The van der Waals surface area contributed by atoms with Crippen LogP contribution in [0.15, 0.2) is 0 Å². The second kappa shape index (κ2) is 17.8. The highest BCUT2D eigenvalue weighted by molar-refractivity contribution is 6.93. The first-order valence-corrected chi connectivity index (χ1v) is 49.0. The first-order chi connectivity index (χ1) is 21.2. The minimum atomic E-state index is -2.70. The molecule has 0 radical (unpaired) electrons. The molecule has 0 saturated heterocycles. The molecule has 0 aliphatic heterocycles. The van der Waals surface area contributed by atoms with Gasteiger partial charge in [0.1, 0.15) is 0 Å². The van der Waals surface area contributed by atoms with Gasteiger partial charge in [0.2, 0.25) is 0 Å². The van der Waals surface area contributed by atoms with E-state index in [1.807, 2.05) is 13.1 Å². The smallest absolute Gasteiger partial charge is 0.322 e. The highest BCUT2D eigenvalue weighted by Gasteiger charge is 2.51. The Labute approximate surface area is 314 Å². The number of hydrogen-bond acceptors (Lipinski definition) is 11. The molecule has 22 heteroatoms. The van der Waals surface area contributed by atoms with E-state index >= 15 is 0 Å². The molecular weight excluding hydrogens is 809 g/mol. The molecule has 0 N–H and O–H groups in total. The Hall–Kier alpha value is 1.95. The van der Waals surface area contributed by atoms with Crippen molar-refractivity contribution in [2.24, 2.45) is 0 Å².